The van der Waals surface area contributed by atoms with Crippen LogP contribution in [0.5, 0.6) is 0 Å². The topological polar surface area (TPSA) is 67.6 Å². The minimum absolute atomic E-state index is 0.00119. The summed E-state index contributed by atoms with van der Waals surface area (Å²) < 4.78 is 30.3. The van der Waals surface area contributed by atoms with E-state index in [4.69, 9.17) is 4.42 Å². The molecule has 0 bridgehead atoms. The van der Waals surface area contributed by atoms with E-state index in [1.54, 1.807) is 4.90 Å². The molecule has 2 heterocycles. The molecule has 1 amide bonds. The van der Waals surface area contributed by atoms with E-state index in [2.05, 4.69) is 26.0 Å². The zero-order valence-electron chi connectivity index (χ0n) is 18.5. The first-order valence-electron chi connectivity index (χ1n) is 10.7. The predicted molar refractivity (Wildman–Crippen MR) is 123 cm³/mol. The molecule has 0 N–H and O–H groups in total. The first-order valence-corrected chi connectivity index (χ1v) is 12.6. The molecule has 3 aromatic rings. The van der Waals surface area contributed by atoms with Crippen molar-refractivity contribution in [1.29, 1.82) is 0 Å². The average molecular weight is 440 g/mol. The number of carbonyl (C=O) groups excluding carboxylic acids is 1. The molecule has 0 radical (unpaired) electrons. The third-order valence-electron chi connectivity index (χ3n) is 6.20. The molecule has 1 unspecified atom stereocenters. The predicted octanol–water partition coefficient (Wildman–Crippen LogP) is 5.00. The van der Waals surface area contributed by atoms with Crippen molar-refractivity contribution in [3.05, 3.63) is 70.5 Å². The second-order valence-electron chi connectivity index (χ2n) is 8.94. The van der Waals surface area contributed by atoms with Crippen LogP contribution < -0.4 is 0 Å². The van der Waals surface area contributed by atoms with Crippen molar-refractivity contribution >= 4 is 26.7 Å². The zero-order chi connectivity index (χ0) is 22.3. The summed E-state index contributed by atoms with van der Waals surface area (Å²) in [6, 6.07) is 13.7. The Morgan fingerprint density at radius 3 is 2.45 bits per heavy atom. The van der Waals surface area contributed by atoms with Gasteiger partial charge in [0.1, 0.15) is 5.58 Å². The van der Waals surface area contributed by atoms with E-state index in [-0.39, 0.29) is 23.5 Å². The van der Waals surface area contributed by atoms with Gasteiger partial charge in [0.05, 0.1) is 11.5 Å². The molecule has 5 nitrogen and oxygen atoms in total. The van der Waals surface area contributed by atoms with Crippen molar-refractivity contribution in [3.63, 3.8) is 0 Å². The number of rotatable bonds is 5. The van der Waals surface area contributed by atoms with Gasteiger partial charge in [-0.05, 0) is 49.4 Å². The second-order valence-corrected chi connectivity index (χ2v) is 11.2. The molecule has 1 aliphatic rings. The van der Waals surface area contributed by atoms with Crippen LogP contribution in [0.15, 0.2) is 46.9 Å². The highest BCUT2D eigenvalue weighted by molar-refractivity contribution is 7.91. The highest BCUT2D eigenvalue weighted by Crippen LogP contribution is 2.30. The number of fused-ring (bicyclic) bond motifs is 1. The molecule has 0 aliphatic carbocycles. The number of nitrogens with zero attached hydrogens (tertiary/aromatic N) is 1. The lowest BCUT2D eigenvalue weighted by atomic mass is 10.0. The fourth-order valence-electron chi connectivity index (χ4n) is 4.26. The Hall–Kier alpha value is -2.60. The van der Waals surface area contributed by atoms with Gasteiger partial charge in [-0.1, -0.05) is 49.7 Å². The van der Waals surface area contributed by atoms with Crippen molar-refractivity contribution in [2.45, 2.75) is 52.6 Å². The Balaban J connectivity index is 1.70. The monoisotopic (exact) mass is 439 g/mol. The highest BCUT2D eigenvalue weighted by Gasteiger charge is 2.36. The maximum atomic E-state index is 13.6. The van der Waals surface area contributed by atoms with Gasteiger partial charge in [-0.25, -0.2) is 8.42 Å². The van der Waals surface area contributed by atoms with E-state index in [1.165, 1.54) is 5.56 Å². The maximum Gasteiger partial charge on any atom is 0.290 e. The number of aryl methyl sites for hydroxylation is 2. The van der Waals surface area contributed by atoms with Crippen molar-refractivity contribution < 1.29 is 17.6 Å². The molecule has 2 aromatic carbocycles. The lowest BCUT2D eigenvalue weighted by molar-refractivity contribution is 0.0649. The minimum atomic E-state index is -3.13. The number of hydrogen-bond donors (Lipinski definition) is 0. The molecule has 1 fully saturated rings. The maximum absolute atomic E-state index is 13.6. The van der Waals surface area contributed by atoms with Crippen molar-refractivity contribution in [1.82, 2.24) is 4.90 Å². The van der Waals surface area contributed by atoms with E-state index in [0.717, 1.165) is 22.1 Å². The third kappa shape index (κ3) is 4.40. The molecule has 31 heavy (non-hydrogen) atoms. The van der Waals surface area contributed by atoms with E-state index < -0.39 is 9.84 Å². The zero-order valence-corrected chi connectivity index (χ0v) is 19.3. The van der Waals surface area contributed by atoms with Gasteiger partial charge in [-0.2, -0.15) is 0 Å². The van der Waals surface area contributed by atoms with Crippen LogP contribution in [0.4, 0.5) is 0 Å². The van der Waals surface area contributed by atoms with E-state index in [1.807, 2.05) is 44.2 Å². The quantitative estimate of drug-likeness (QED) is 0.561. The van der Waals surface area contributed by atoms with E-state index in [0.29, 0.717) is 30.2 Å². The standard InChI is InChI=1S/C25H29NO4S/c1-16(2)20-8-6-19(7-9-20)14-26(21-11-12-31(28,29)15-21)25(27)24-18(4)22-13-17(3)5-10-23(22)30-24/h5-10,13,16,21H,11-12,14-15H2,1-4H3. The molecule has 1 saturated heterocycles. The van der Waals surface area contributed by atoms with Crippen molar-refractivity contribution in [3.8, 4) is 0 Å². The normalized spacial score (nSPS) is 18.0. The molecule has 4 rings (SSSR count). The van der Waals surface area contributed by atoms with E-state index in [9.17, 15) is 13.2 Å². The molecule has 6 heteroatoms. The lowest BCUT2D eigenvalue weighted by Gasteiger charge is -2.28. The number of carbonyl (C=O) groups is 1. The molecule has 1 atom stereocenters. The Morgan fingerprint density at radius 2 is 1.84 bits per heavy atom. The summed E-state index contributed by atoms with van der Waals surface area (Å²) in [6.07, 6.45) is 0.455. The Bertz CT molecular complexity index is 1220. The third-order valence-corrected chi connectivity index (χ3v) is 7.95. The first-order chi connectivity index (χ1) is 14.6. The summed E-state index contributed by atoms with van der Waals surface area (Å²) in [7, 11) is -3.13. The summed E-state index contributed by atoms with van der Waals surface area (Å²) in [6.45, 7) is 8.52. The second kappa shape index (κ2) is 8.15. The van der Waals surface area contributed by atoms with Gasteiger partial charge in [-0.3, -0.25) is 4.79 Å². The lowest BCUT2D eigenvalue weighted by Crippen LogP contribution is -2.40. The van der Waals surface area contributed by atoms with Crippen LogP contribution in [0, 0.1) is 13.8 Å². The van der Waals surface area contributed by atoms with Crippen LogP contribution in [0.3, 0.4) is 0 Å². The Labute approximate surface area is 184 Å². The minimum Gasteiger partial charge on any atom is -0.451 e. The molecule has 0 spiro atoms. The van der Waals surface area contributed by atoms with Gasteiger partial charge in [0.2, 0.25) is 0 Å². The van der Waals surface area contributed by atoms with Crippen LogP contribution in [0.1, 0.15) is 59.0 Å². The SMILES string of the molecule is Cc1ccc2oc(C(=O)N(Cc3ccc(C(C)C)cc3)C3CCS(=O)(=O)C3)c(C)c2c1. The number of sulfone groups is 1. The highest BCUT2D eigenvalue weighted by atomic mass is 32.2. The van der Waals surface area contributed by atoms with Gasteiger partial charge < -0.3 is 9.32 Å². The summed E-state index contributed by atoms with van der Waals surface area (Å²) in [5.41, 5.74) is 4.77. The first kappa shape index (κ1) is 21.6. The number of furan rings is 1. The fourth-order valence-corrected chi connectivity index (χ4v) is 5.99. The van der Waals surface area contributed by atoms with Crippen LogP contribution >= 0.6 is 0 Å². The van der Waals surface area contributed by atoms with Crippen molar-refractivity contribution in [2.75, 3.05) is 11.5 Å². The van der Waals surface area contributed by atoms with Crippen LogP contribution in [0.2, 0.25) is 0 Å². The van der Waals surface area contributed by atoms with Gasteiger partial charge in [0, 0.05) is 23.5 Å². The van der Waals surface area contributed by atoms with Gasteiger partial charge >= 0.3 is 0 Å². The molecule has 1 aliphatic heterocycles. The Kier molecular flexibility index (Phi) is 5.69. The van der Waals surface area contributed by atoms with Gasteiger partial charge in [0.25, 0.3) is 5.91 Å². The fraction of sp³-hybridized carbons (Fsp3) is 0.400. The summed E-state index contributed by atoms with van der Waals surface area (Å²) >= 11 is 0. The van der Waals surface area contributed by atoms with Crippen LogP contribution in [0.25, 0.3) is 11.0 Å². The molecule has 1 aromatic heterocycles. The number of benzene rings is 2. The van der Waals surface area contributed by atoms with Crippen LogP contribution in [-0.2, 0) is 16.4 Å². The van der Waals surface area contributed by atoms with E-state index >= 15 is 0 Å². The summed E-state index contributed by atoms with van der Waals surface area (Å²) in [4.78, 5) is 15.3. The molecule has 164 valence electrons. The largest absolute Gasteiger partial charge is 0.451 e. The molecule has 0 saturated carbocycles. The number of hydrogen-bond acceptors (Lipinski definition) is 4. The summed E-state index contributed by atoms with van der Waals surface area (Å²) in [5.74, 6) is 0.589. The molecular weight excluding hydrogens is 410 g/mol. The van der Waals surface area contributed by atoms with Crippen molar-refractivity contribution in [2.24, 2.45) is 0 Å². The van der Waals surface area contributed by atoms with Gasteiger partial charge in [0.15, 0.2) is 15.6 Å². The summed E-state index contributed by atoms with van der Waals surface area (Å²) in [5, 5.41) is 0.920. The smallest absolute Gasteiger partial charge is 0.290 e. The number of amides is 1. The van der Waals surface area contributed by atoms with Crippen LogP contribution in [-0.4, -0.2) is 36.8 Å². The Morgan fingerprint density at radius 1 is 1.13 bits per heavy atom. The van der Waals surface area contributed by atoms with Gasteiger partial charge in [-0.15, -0.1) is 0 Å². The molecular formula is C25H29NO4S. The average Bonchev–Trinajstić information content (AvgIpc) is 3.25.